The highest BCUT2D eigenvalue weighted by Gasteiger charge is 2.21. The van der Waals surface area contributed by atoms with Crippen molar-refractivity contribution >= 4 is 23.2 Å². The van der Waals surface area contributed by atoms with Crippen molar-refractivity contribution in [2.75, 3.05) is 13.7 Å². The first-order valence-corrected chi connectivity index (χ1v) is 8.08. The van der Waals surface area contributed by atoms with E-state index in [1.54, 1.807) is 13.2 Å². The molecule has 2 rings (SSSR count). The lowest BCUT2D eigenvalue weighted by atomic mass is 9.98. The summed E-state index contributed by atoms with van der Waals surface area (Å²) < 4.78 is 5.25. The number of carbonyl (C=O) groups is 2. The van der Waals surface area contributed by atoms with Crippen LogP contribution in [0.15, 0.2) is 35.7 Å². The van der Waals surface area contributed by atoms with Gasteiger partial charge in [-0.25, -0.2) is 0 Å². The van der Waals surface area contributed by atoms with E-state index in [1.165, 1.54) is 11.3 Å². The lowest BCUT2D eigenvalue weighted by Gasteiger charge is -2.15. The minimum Gasteiger partial charge on any atom is -0.496 e. The molecule has 0 saturated carbocycles. The average Bonchev–Trinajstić information content (AvgIpc) is 2.97. The molecule has 122 valence electrons. The van der Waals surface area contributed by atoms with Crippen molar-refractivity contribution in [1.82, 2.24) is 5.32 Å². The molecule has 1 aromatic carbocycles. The average molecular weight is 333 g/mol. The number of carboxylic acids is 1. The third-order valence-electron chi connectivity index (χ3n) is 3.59. The molecule has 0 spiro atoms. The van der Waals surface area contributed by atoms with E-state index in [1.807, 2.05) is 36.6 Å². The summed E-state index contributed by atoms with van der Waals surface area (Å²) in [5.41, 5.74) is 1.70. The molecule has 0 aliphatic carbocycles. The molecule has 1 amide bonds. The van der Waals surface area contributed by atoms with E-state index in [0.29, 0.717) is 17.0 Å². The number of methoxy groups -OCH3 is 1. The number of carboxylic acid groups (broad SMARTS) is 1. The molecule has 0 saturated heterocycles. The number of benzene rings is 1. The maximum atomic E-state index is 12.1. The van der Waals surface area contributed by atoms with Crippen LogP contribution in [0.2, 0.25) is 0 Å². The first-order chi connectivity index (χ1) is 11.0. The zero-order valence-corrected chi connectivity index (χ0v) is 13.9. The van der Waals surface area contributed by atoms with E-state index >= 15 is 0 Å². The Hall–Kier alpha value is -2.34. The lowest BCUT2D eigenvalue weighted by molar-refractivity contribution is -0.141. The Labute approximate surface area is 138 Å². The maximum Gasteiger partial charge on any atom is 0.308 e. The molecule has 5 nitrogen and oxygen atoms in total. The van der Waals surface area contributed by atoms with Crippen LogP contribution in [-0.2, 0) is 11.2 Å². The summed E-state index contributed by atoms with van der Waals surface area (Å²) in [4.78, 5) is 24.2. The lowest BCUT2D eigenvalue weighted by Crippen LogP contribution is -2.34. The summed E-state index contributed by atoms with van der Waals surface area (Å²) in [5, 5.41) is 14.0. The second kappa shape index (κ2) is 7.78. The van der Waals surface area contributed by atoms with Gasteiger partial charge in [0, 0.05) is 6.54 Å². The highest BCUT2D eigenvalue weighted by molar-refractivity contribution is 7.12. The molecule has 6 heteroatoms. The van der Waals surface area contributed by atoms with Crippen LogP contribution in [0.3, 0.4) is 0 Å². The maximum absolute atomic E-state index is 12.1. The molecule has 2 aromatic rings. The molecule has 0 bridgehead atoms. The SMILES string of the molecule is COc1ccccc1CC(CNC(=O)c1sccc1C)C(=O)O. The van der Waals surface area contributed by atoms with Crippen molar-refractivity contribution < 1.29 is 19.4 Å². The van der Waals surface area contributed by atoms with Crippen LogP contribution in [0.5, 0.6) is 5.75 Å². The number of nitrogens with one attached hydrogen (secondary N) is 1. The van der Waals surface area contributed by atoms with Gasteiger partial charge in [0.15, 0.2) is 0 Å². The van der Waals surface area contributed by atoms with Gasteiger partial charge >= 0.3 is 5.97 Å². The quantitative estimate of drug-likeness (QED) is 0.817. The number of aliphatic carboxylic acids is 1. The Morgan fingerprint density at radius 1 is 1.30 bits per heavy atom. The van der Waals surface area contributed by atoms with E-state index in [0.717, 1.165) is 11.1 Å². The van der Waals surface area contributed by atoms with Crippen LogP contribution in [0.25, 0.3) is 0 Å². The molecule has 1 heterocycles. The number of hydrogen-bond donors (Lipinski definition) is 2. The molecule has 2 N–H and O–H groups in total. The van der Waals surface area contributed by atoms with E-state index in [4.69, 9.17) is 4.74 Å². The summed E-state index contributed by atoms with van der Waals surface area (Å²) in [6, 6.07) is 9.16. The van der Waals surface area contributed by atoms with Crippen LogP contribution < -0.4 is 10.1 Å². The molecule has 23 heavy (non-hydrogen) atoms. The second-order valence-electron chi connectivity index (χ2n) is 5.19. The molecule has 1 atom stereocenters. The zero-order valence-electron chi connectivity index (χ0n) is 13.0. The minimum atomic E-state index is -0.945. The van der Waals surface area contributed by atoms with Gasteiger partial charge in [0.1, 0.15) is 5.75 Å². The largest absolute Gasteiger partial charge is 0.496 e. The summed E-state index contributed by atoms with van der Waals surface area (Å²) in [6.45, 7) is 1.93. The van der Waals surface area contributed by atoms with Gasteiger partial charge in [-0.3, -0.25) is 9.59 Å². The highest BCUT2D eigenvalue weighted by Crippen LogP contribution is 2.21. The number of para-hydroxylation sites is 1. The Balaban J connectivity index is 2.03. The second-order valence-corrected chi connectivity index (χ2v) is 6.11. The third-order valence-corrected chi connectivity index (χ3v) is 4.60. The van der Waals surface area contributed by atoms with Crippen LogP contribution in [0.1, 0.15) is 20.8 Å². The number of hydrogen-bond acceptors (Lipinski definition) is 4. The Kier molecular flexibility index (Phi) is 5.76. The Bertz CT molecular complexity index is 695. The number of amides is 1. The molecule has 0 aliphatic heterocycles. The van der Waals surface area contributed by atoms with E-state index < -0.39 is 11.9 Å². The highest BCUT2D eigenvalue weighted by atomic mass is 32.1. The third kappa shape index (κ3) is 4.32. The van der Waals surface area contributed by atoms with Crippen molar-refractivity contribution in [2.45, 2.75) is 13.3 Å². The normalized spacial score (nSPS) is 11.7. The zero-order chi connectivity index (χ0) is 16.8. The first-order valence-electron chi connectivity index (χ1n) is 7.20. The van der Waals surface area contributed by atoms with Crippen LogP contribution in [0, 0.1) is 12.8 Å². The number of rotatable bonds is 7. The molecular weight excluding hydrogens is 314 g/mol. The fraction of sp³-hybridized carbons (Fsp3) is 0.294. The van der Waals surface area contributed by atoms with Crippen LogP contribution >= 0.6 is 11.3 Å². The van der Waals surface area contributed by atoms with E-state index in [2.05, 4.69) is 5.32 Å². The summed E-state index contributed by atoms with van der Waals surface area (Å²) in [7, 11) is 1.55. The van der Waals surface area contributed by atoms with Crippen molar-refractivity contribution in [2.24, 2.45) is 5.92 Å². The number of carbonyl (C=O) groups excluding carboxylic acids is 1. The van der Waals surface area contributed by atoms with Crippen molar-refractivity contribution in [1.29, 1.82) is 0 Å². The van der Waals surface area contributed by atoms with Gasteiger partial charge in [0.05, 0.1) is 17.9 Å². The van der Waals surface area contributed by atoms with Gasteiger partial charge in [0.2, 0.25) is 0 Å². The molecule has 1 unspecified atom stereocenters. The standard InChI is InChI=1S/C17H19NO4S/c1-11-7-8-23-15(11)16(19)18-10-13(17(20)21)9-12-5-3-4-6-14(12)22-2/h3-8,13H,9-10H2,1-2H3,(H,18,19)(H,20,21). The van der Waals surface area contributed by atoms with Gasteiger partial charge < -0.3 is 15.2 Å². The number of thiophene rings is 1. The van der Waals surface area contributed by atoms with Gasteiger partial charge in [-0.15, -0.1) is 11.3 Å². The fourth-order valence-corrected chi connectivity index (χ4v) is 3.13. The van der Waals surface area contributed by atoms with Crippen LogP contribution in [-0.4, -0.2) is 30.6 Å². The topological polar surface area (TPSA) is 75.6 Å². The predicted octanol–water partition coefficient (Wildman–Crippen LogP) is 2.74. The molecule has 0 aliphatic rings. The summed E-state index contributed by atoms with van der Waals surface area (Å²) in [5.74, 6) is -1.24. The van der Waals surface area contributed by atoms with Gasteiger partial charge in [-0.2, -0.15) is 0 Å². The van der Waals surface area contributed by atoms with E-state index in [-0.39, 0.29) is 12.5 Å². The van der Waals surface area contributed by atoms with Crippen molar-refractivity contribution in [3.05, 3.63) is 51.7 Å². The fourth-order valence-electron chi connectivity index (χ4n) is 2.29. The Morgan fingerprint density at radius 3 is 2.65 bits per heavy atom. The molecule has 0 fully saturated rings. The van der Waals surface area contributed by atoms with Gasteiger partial charge in [-0.05, 0) is 42.0 Å². The number of ether oxygens (including phenoxy) is 1. The number of aryl methyl sites for hydroxylation is 1. The first kappa shape index (κ1) is 17.0. The van der Waals surface area contributed by atoms with Crippen molar-refractivity contribution in [3.8, 4) is 5.75 Å². The summed E-state index contributed by atoms with van der Waals surface area (Å²) in [6.07, 6.45) is 0.295. The monoisotopic (exact) mass is 333 g/mol. The van der Waals surface area contributed by atoms with Crippen molar-refractivity contribution in [3.63, 3.8) is 0 Å². The molecule has 0 radical (unpaired) electrons. The van der Waals surface area contributed by atoms with Crippen LogP contribution in [0.4, 0.5) is 0 Å². The Morgan fingerprint density at radius 2 is 2.04 bits per heavy atom. The van der Waals surface area contributed by atoms with Gasteiger partial charge in [-0.1, -0.05) is 18.2 Å². The minimum absolute atomic E-state index is 0.0730. The van der Waals surface area contributed by atoms with Gasteiger partial charge in [0.25, 0.3) is 5.91 Å². The molecule has 1 aromatic heterocycles. The smallest absolute Gasteiger partial charge is 0.308 e. The summed E-state index contributed by atoms with van der Waals surface area (Å²) >= 11 is 1.35. The predicted molar refractivity (Wildman–Crippen MR) is 89.2 cm³/mol. The van der Waals surface area contributed by atoms with E-state index in [9.17, 15) is 14.7 Å². The molecular formula is C17H19NO4S.